The van der Waals surface area contributed by atoms with E-state index in [9.17, 15) is 4.79 Å². The molecule has 5 nitrogen and oxygen atoms in total. The number of pyridine rings is 1. The maximum atomic E-state index is 12.3. The number of nitrogens with one attached hydrogen (secondary N) is 2. The Balaban J connectivity index is 2.19. The summed E-state index contributed by atoms with van der Waals surface area (Å²) < 4.78 is 0. The minimum Gasteiger partial charge on any atom is -0.384 e. The number of nitrogens with zero attached hydrogens (tertiary/aromatic N) is 2. The number of rotatable bonds is 5. The number of amides is 1. The van der Waals surface area contributed by atoms with Crippen LogP contribution in [0.3, 0.4) is 0 Å². The van der Waals surface area contributed by atoms with E-state index < -0.39 is 0 Å². The second-order valence-electron chi connectivity index (χ2n) is 4.53. The van der Waals surface area contributed by atoms with Gasteiger partial charge in [0.25, 0.3) is 5.91 Å². The van der Waals surface area contributed by atoms with E-state index >= 15 is 0 Å². The monoisotopic (exact) mass is 290 g/mol. The largest absolute Gasteiger partial charge is 0.384 e. The lowest BCUT2D eigenvalue weighted by Crippen LogP contribution is -2.15. The number of hydrogen-bond donors (Lipinski definition) is 2. The highest BCUT2D eigenvalue weighted by atomic mass is 32.1. The first kappa shape index (κ1) is 14.5. The first-order valence-electron chi connectivity index (χ1n) is 6.54. The third-order valence-electron chi connectivity index (χ3n) is 2.69. The molecule has 0 saturated heterocycles. The molecule has 0 unspecified atom stereocenters. The molecule has 0 saturated carbocycles. The zero-order chi connectivity index (χ0) is 14.5. The number of hydrogen-bond acceptors (Lipinski definition) is 5. The molecule has 0 spiro atoms. The highest BCUT2D eigenvalue weighted by Gasteiger charge is 2.13. The number of carbonyl (C=O) groups excluding carboxylic acids is 1. The lowest BCUT2D eigenvalue weighted by molar-refractivity contribution is 0.102. The normalized spacial score (nSPS) is 10.3. The molecular weight excluding hydrogens is 272 g/mol. The van der Waals surface area contributed by atoms with Gasteiger partial charge in [0.2, 0.25) is 0 Å². The predicted molar refractivity (Wildman–Crippen MR) is 82.6 cm³/mol. The van der Waals surface area contributed by atoms with Gasteiger partial charge in [-0.25, -0.2) is 4.98 Å². The Hall–Kier alpha value is -1.95. The molecule has 0 bridgehead atoms. The van der Waals surface area contributed by atoms with Crippen LogP contribution in [0.2, 0.25) is 0 Å². The fraction of sp³-hybridized carbons (Fsp3) is 0.357. The van der Waals surface area contributed by atoms with E-state index in [1.807, 2.05) is 19.9 Å². The summed E-state index contributed by atoms with van der Waals surface area (Å²) in [5.41, 5.74) is 2.23. The number of thiazole rings is 1. The summed E-state index contributed by atoms with van der Waals surface area (Å²) in [4.78, 5) is 21.7. The van der Waals surface area contributed by atoms with Crippen molar-refractivity contribution in [2.75, 3.05) is 17.2 Å². The van der Waals surface area contributed by atoms with Gasteiger partial charge in [-0.15, -0.1) is 11.3 Å². The first-order valence-corrected chi connectivity index (χ1v) is 7.36. The van der Waals surface area contributed by atoms with E-state index in [0.29, 0.717) is 10.7 Å². The van der Waals surface area contributed by atoms with Gasteiger partial charge in [0.1, 0.15) is 0 Å². The van der Waals surface area contributed by atoms with Crippen LogP contribution in [0.15, 0.2) is 18.5 Å². The first-order chi connectivity index (χ1) is 9.60. The van der Waals surface area contributed by atoms with Crippen LogP contribution in [0.1, 0.15) is 34.3 Å². The highest BCUT2D eigenvalue weighted by Crippen LogP contribution is 2.20. The van der Waals surface area contributed by atoms with Crippen molar-refractivity contribution in [3.05, 3.63) is 34.6 Å². The van der Waals surface area contributed by atoms with E-state index in [1.165, 1.54) is 11.3 Å². The molecule has 2 heterocycles. The molecule has 6 heteroatoms. The van der Waals surface area contributed by atoms with Crippen LogP contribution in [-0.2, 0) is 0 Å². The van der Waals surface area contributed by atoms with E-state index in [1.54, 1.807) is 12.4 Å². The molecule has 2 N–H and O–H groups in total. The number of carbonyl (C=O) groups is 1. The van der Waals surface area contributed by atoms with Gasteiger partial charge >= 0.3 is 0 Å². The Morgan fingerprint density at radius 1 is 1.30 bits per heavy atom. The standard InChI is InChI=1S/C14H18N4OS/c1-4-5-15-12-6-9(2)16-8-11(12)13(19)18-14-17-7-10(3)20-14/h6-8H,4-5H2,1-3H3,(H,15,16)(H,17,18,19). The molecule has 2 rings (SSSR count). The van der Waals surface area contributed by atoms with Gasteiger partial charge in [0.15, 0.2) is 5.13 Å². The molecule has 0 atom stereocenters. The Bertz CT molecular complexity index is 609. The van der Waals surface area contributed by atoms with Gasteiger partial charge in [-0.1, -0.05) is 6.92 Å². The summed E-state index contributed by atoms with van der Waals surface area (Å²) in [5, 5.41) is 6.67. The fourth-order valence-electron chi connectivity index (χ4n) is 1.72. The van der Waals surface area contributed by atoms with E-state index in [4.69, 9.17) is 0 Å². The number of aromatic nitrogens is 2. The van der Waals surface area contributed by atoms with Gasteiger partial charge in [-0.2, -0.15) is 0 Å². The maximum Gasteiger partial charge on any atom is 0.261 e. The van der Waals surface area contributed by atoms with Gasteiger partial charge in [-0.3, -0.25) is 15.1 Å². The summed E-state index contributed by atoms with van der Waals surface area (Å²) in [6.45, 7) is 6.76. The van der Waals surface area contributed by atoms with Crippen LogP contribution < -0.4 is 10.6 Å². The summed E-state index contributed by atoms with van der Waals surface area (Å²) in [6.07, 6.45) is 4.33. The van der Waals surface area contributed by atoms with Crippen molar-refractivity contribution in [1.82, 2.24) is 9.97 Å². The van der Waals surface area contributed by atoms with Crippen LogP contribution in [0.25, 0.3) is 0 Å². The number of aryl methyl sites for hydroxylation is 2. The Morgan fingerprint density at radius 3 is 2.75 bits per heavy atom. The average Bonchev–Trinajstić information content (AvgIpc) is 2.81. The van der Waals surface area contributed by atoms with Crippen molar-refractivity contribution in [2.45, 2.75) is 27.2 Å². The maximum absolute atomic E-state index is 12.3. The Kier molecular flexibility index (Phi) is 4.68. The molecular formula is C14H18N4OS. The minimum atomic E-state index is -0.189. The fourth-order valence-corrected chi connectivity index (χ4v) is 2.38. The van der Waals surface area contributed by atoms with Crippen molar-refractivity contribution in [3.63, 3.8) is 0 Å². The van der Waals surface area contributed by atoms with Gasteiger partial charge < -0.3 is 5.32 Å². The molecule has 1 amide bonds. The SMILES string of the molecule is CCCNc1cc(C)ncc1C(=O)Nc1ncc(C)s1. The molecule has 0 radical (unpaired) electrons. The van der Waals surface area contributed by atoms with Crippen molar-refractivity contribution in [1.29, 1.82) is 0 Å². The van der Waals surface area contributed by atoms with Gasteiger partial charge in [0.05, 0.1) is 11.3 Å². The summed E-state index contributed by atoms with van der Waals surface area (Å²) in [7, 11) is 0. The lowest BCUT2D eigenvalue weighted by Gasteiger charge is -2.11. The zero-order valence-electron chi connectivity index (χ0n) is 11.9. The van der Waals surface area contributed by atoms with Crippen molar-refractivity contribution in [3.8, 4) is 0 Å². The quantitative estimate of drug-likeness (QED) is 0.887. The second-order valence-corrected chi connectivity index (χ2v) is 5.76. The van der Waals surface area contributed by atoms with Crippen LogP contribution in [0, 0.1) is 13.8 Å². The molecule has 20 heavy (non-hydrogen) atoms. The molecule has 106 valence electrons. The van der Waals surface area contributed by atoms with Crippen LogP contribution in [-0.4, -0.2) is 22.4 Å². The number of anilines is 2. The lowest BCUT2D eigenvalue weighted by atomic mass is 10.2. The minimum absolute atomic E-state index is 0.189. The third kappa shape index (κ3) is 3.54. The smallest absolute Gasteiger partial charge is 0.261 e. The van der Waals surface area contributed by atoms with E-state index in [-0.39, 0.29) is 5.91 Å². The topological polar surface area (TPSA) is 66.9 Å². The van der Waals surface area contributed by atoms with Crippen molar-refractivity contribution >= 4 is 28.1 Å². The molecule has 0 aliphatic rings. The Morgan fingerprint density at radius 2 is 2.10 bits per heavy atom. The molecule has 0 aliphatic carbocycles. The van der Waals surface area contributed by atoms with Crippen LogP contribution in [0.5, 0.6) is 0 Å². The van der Waals surface area contributed by atoms with E-state index in [2.05, 4.69) is 27.5 Å². The van der Waals surface area contributed by atoms with Crippen molar-refractivity contribution < 1.29 is 4.79 Å². The molecule has 0 aliphatic heterocycles. The molecule has 2 aromatic heterocycles. The van der Waals surface area contributed by atoms with Crippen LogP contribution in [0.4, 0.5) is 10.8 Å². The third-order valence-corrected chi connectivity index (χ3v) is 3.52. The van der Waals surface area contributed by atoms with Gasteiger partial charge in [-0.05, 0) is 26.3 Å². The molecule has 2 aromatic rings. The summed E-state index contributed by atoms with van der Waals surface area (Å²) >= 11 is 1.45. The Labute approximate surface area is 122 Å². The highest BCUT2D eigenvalue weighted by molar-refractivity contribution is 7.15. The summed E-state index contributed by atoms with van der Waals surface area (Å²) in [6, 6.07) is 1.89. The molecule has 0 aromatic carbocycles. The average molecular weight is 290 g/mol. The van der Waals surface area contributed by atoms with Gasteiger partial charge in [0, 0.05) is 29.5 Å². The van der Waals surface area contributed by atoms with E-state index in [0.717, 1.165) is 29.2 Å². The molecule has 0 fully saturated rings. The zero-order valence-corrected chi connectivity index (χ0v) is 12.7. The van der Waals surface area contributed by atoms with Crippen LogP contribution >= 0.6 is 11.3 Å². The summed E-state index contributed by atoms with van der Waals surface area (Å²) in [5.74, 6) is -0.189. The second kappa shape index (κ2) is 6.47. The predicted octanol–water partition coefficient (Wildman–Crippen LogP) is 3.23. The van der Waals surface area contributed by atoms with Crippen molar-refractivity contribution in [2.24, 2.45) is 0 Å².